The topological polar surface area (TPSA) is 55.1 Å². The van der Waals surface area contributed by atoms with Gasteiger partial charge in [-0.3, -0.25) is 0 Å². The third-order valence-electron chi connectivity index (χ3n) is 2.98. The molecule has 0 fully saturated rings. The van der Waals surface area contributed by atoms with Gasteiger partial charge in [-0.15, -0.1) is 0 Å². The predicted octanol–water partition coefficient (Wildman–Crippen LogP) is 3.18. The van der Waals surface area contributed by atoms with Crippen LogP contribution in [0.2, 0.25) is 0 Å². The van der Waals surface area contributed by atoms with Gasteiger partial charge in [0.15, 0.2) is 5.69 Å². The van der Waals surface area contributed by atoms with Crippen LogP contribution in [0.3, 0.4) is 0 Å². The summed E-state index contributed by atoms with van der Waals surface area (Å²) in [4.78, 5) is 11.1. The van der Waals surface area contributed by atoms with Crippen LogP contribution in [-0.4, -0.2) is 20.9 Å². The molecule has 0 unspecified atom stereocenters. The molecule has 1 aromatic heterocycles. The molecule has 0 aliphatic carbocycles. The zero-order valence-electron chi connectivity index (χ0n) is 11.6. The lowest BCUT2D eigenvalue weighted by Crippen LogP contribution is -2.17. The minimum Gasteiger partial charge on any atom is -0.476 e. The van der Waals surface area contributed by atoms with E-state index in [1.807, 2.05) is 52.0 Å². The Hall–Kier alpha value is -2.10. The fourth-order valence-corrected chi connectivity index (χ4v) is 1.90. The van der Waals surface area contributed by atoms with Crippen molar-refractivity contribution in [3.8, 4) is 5.69 Å². The second kappa shape index (κ2) is 4.53. The number of aryl methyl sites for hydroxylation is 1. The smallest absolute Gasteiger partial charge is 0.356 e. The van der Waals surface area contributed by atoms with Crippen LogP contribution in [0, 0.1) is 6.92 Å². The molecule has 0 amide bonds. The van der Waals surface area contributed by atoms with Crippen LogP contribution >= 0.6 is 0 Å². The molecule has 0 aliphatic heterocycles. The van der Waals surface area contributed by atoms with Gasteiger partial charge in [0, 0.05) is 5.41 Å². The van der Waals surface area contributed by atoms with Gasteiger partial charge in [-0.2, -0.15) is 5.10 Å². The summed E-state index contributed by atoms with van der Waals surface area (Å²) < 4.78 is 1.71. The average molecular weight is 258 g/mol. The summed E-state index contributed by atoms with van der Waals surface area (Å²) in [5.74, 6) is -1.00. The third-order valence-corrected chi connectivity index (χ3v) is 2.98. The standard InChI is InChI=1S/C15H18N2O2/c1-10-5-7-11(8-6-10)17-13(15(2,3)4)9-12(16-17)14(18)19/h5-9H,1-4H3,(H,18,19). The quantitative estimate of drug-likeness (QED) is 0.900. The van der Waals surface area contributed by atoms with Crippen molar-refractivity contribution in [2.75, 3.05) is 0 Å². The van der Waals surface area contributed by atoms with Gasteiger partial charge in [0.05, 0.1) is 11.4 Å². The Kier molecular flexibility index (Phi) is 3.18. The number of carboxylic acids is 1. The van der Waals surface area contributed by atoms with Gasteiger partial charge >= 0.3 is 5.97 Å². The van der Waals surface area contributed by atoms with Gasteiger partial charge in [-0.05, 0) is 25.1 Å². The lowest BCUT2D eigenvalue weighted by Gasteiger charge is -2.20. The van der Waals surface area contributed by atoms with Crippen LogP contribution in [0.5, 0.6) is 0 Å². The van der Waals surface area contributed by atoms with Gasteiger partial charge in [0.25, 0.3) is 0 Å². The van der Waals surface area contributed by atoms with Crippen LogP contribution in [0.25, 0.3) is 5.69 Å². The van der Waals surface area contributed by atoms with Gasteiger partial charge in [-0.1, -0.05) is 38.5 Å². The first-order valence-electron chi connectivity index (χ1n) is 6.20. The monoisotopic (exact) mass is 258 g/mol. The molecule has 19 heavy (non-hydrogen) atoms. The van der Waals surface area contributed by atoms with E-state index < -0.39 is 5.97 Å². The van der Waals surface area contributed by atoms with E-state index in [4.69, 9.17) is 5.11 Å². The van der Waals surface area contributed by atoms with E-state index in [0.29, 0.717) is 0 Å². The highest BCUT2D eigenvalue weighted by atomic mass is 16.4. The minimum atomic E-state index is -1.00. The first kappa shape index (κ1) is 13.3. The lowest BCUT2D eigenvalue weighted by atomic mass is 9.91. The number of hydrogen-bond donors (Lipinski definition) is 1. The van der Waals surface area contributed by atoms with Crippen LogP contribution < -0.4 is 0 Å². The lowest BCUT2D eigenvalue weighted by molar-refractivity contribution is 0.0690. The predicted molar refractivity (Wildman–Crippen MR) is 74.0 cm³/mol. The Morgan fingerprint density at radius 3 is 2.26 bits per heavy atom. The highest BCUT2D eigenvalue weighted by Gasteiger charge is 2.23. The number of rotatable bonds is 2. The number of aromatic carboxylic acids is 1. The normalized spacial score (nSPS) is 11.6. The highest BCUT2D eigenvalue weighted by molar-refractivity contribution is 5.85. The van der Waals surface area contributed by atoms with Gasteiger partial charge < -0.3 is 5.11 Å². The minimum absolute atomic E-state index is 0.0745. The van der Waals surface area contributed by atoms with Crippen molar-refractivity contribution in [1.29, 1.82) is 0 Å². The number of hydrogen-bond acceptors (Lipinski definition) is 2. The molecule has 1 N–H and O–H groups in total. The fraction of sp³-hybridized carbons (Fsp3) is 0.333. The van der Waals surface area contributed by atoms with E-state index in [1.54, 1.807) is 10.7 Å². The van der Waals surface area contributed by atoms with E-state index in [-0.39, 0.29) is 11.1 Å². The number of carbonyl (C=O) groups is 1. The van der Waals surface area contributed by atoms with Crippen molar-refractivity contribution in [2.24, 2.45) is 0 Å². The Morgan fingerprint density at radius 1 is 1.21 bits per heavy atom. The molecule has 2 aromatic rings. The van der Waals surface area contributed by atoms with E-state index >= 15 is 0 Å². The van der Waals surface area contributed by atoms with E-state index in [0.717, 1.165) is 16.9 Å². The fourth-order valence-electron chi connectivity index (χ4n) is 1.90. The maximum Gasteiger partial charge on any atom is 0.356 e. The Labute approximate surface area is 112 Å². The summed E-state index contributed by atoms with van der Waals surface area (Å²) in [6.07, 6.45) is 0. The summed E-state index contributed by atoms with van der Waals surface area (Å²) in [7, 11) is 0. The van der Waals surface area contributed by atoms with Gasteiger partial charge in [-0.25, -0.2) is 9.48 Å². The Balaban J connectivity index is 2.61. The molecule has 4 nitrogen and oxygen atoms in total. The van der Waals surface area contributed by atoms with E-state index in [1.165, 1.54) is 0 Å². The van der Waals surface area contributed by atoms with Crippen molar-refractivity contribution in [2.45, 2.75) is 33.1 Å². The number of carboxylic acid groups (broad SMARTS) is 1. The first-order valence-corrected chi connectivity index (χ1v) is 6.20. The van der Waals surface area contributed by atoms with E-state index in [9.17, 15) is 4.79 Å². The summed E-state index contributed by atoms with van der Waals surface area (Å²) in [6.45, 7) is 8.14. The van der Waals surface area contributed by atoms with Crippen LogP contribution in [0.1, 0.15) is 42.5 Å². The van der Waals surface area contributed by atoms with Crippen molar-refractivity contribution in [3.05, 3.63) is 47.3 Å². The number of aromatic nitrogens is 2. The Morgan fingerprint density at radius 2 is 1.79 bits per heavy atom. The van der Waals surface area contributed by atoms with Crippen molar-refractivity contribution in [3.63, 3.8) is 0 Å². The van der Waals surface area contributed by atoms with E-state index in [2.05, 4.69) is 5.10 Å². The molecule has 2 rings (SSSR count). The molecular weight excluding hydrogens is 240 g/mol. The van der Waals surface area contributed by atoms with Crippen LogP contribution in [0.4, 0.5) is 0 Å². The maximum absolute atomic E-state index is 11.1. The summed E-state index contributed by atoms with van der Waals surface area (Å²) in [5.41, 5.74) is 2.82. The average Bonchev–Trinajstić information content (AvgIpc) is 2.74. The van der Waals surface area contributed by atoms with Crippen LogP contribution in [0.15, 0.2) is 30.3 Å². The first-order chi connectivity index (χ1) is 8.79. The molecule has 0 bridgehead atoms. The second-order valence-electron chi connectivity index (χ2n) is 5.72. The van der Waals surface area contributed by atoms with Crippen molar-refractivity contribution < 1.29 is 9.90 Å². The molecule has 4 heteroatoms. The molecular formula is C15H18N2O2. The van der Waals surface area contributed by atoms with Crippen molar-refractivity contribution >= 4 is 5.97 Å². The molecule has 100 valence electrons. The molecule has 0 atom stereocenters. The molecule has 0 radical (unpaired) electrons. The molecule has 1 heterocycles. The molecule has 1 aromatic carbocycles. The zero-order valence-corrected chi connectivity index (χ0v) is 11.6. The van der Waals surface area contributed by atoms with Crippen molar-refractivity contribution in [1.82, 2.24) is 9.78 Å². The maximum atomic E-state index is 11.1. The van der Waals surface area contributed by atoms with Gasteiger partial charge in [0.2, 0.25) is 0 Å². The number of benzene rings is 1. The second-order valence-corrected chi connectivity index (χ2v) is 5.72. The third kappa shape index (κ3) is 2.67. The molecule has 0 saturated carbocycles. The molecule has 0 aliphatic rings. The SMILES string of the molecule is Cc1ccc(-n2nc(C(=O)O)cc2C(C)(C)C)cc1. The molecule has 0 saturated heterocycles. The number of nitrogens with zero attached hydrogens (tertiary/aromatic N) is 2. The van der Waals surface area contributed by atoms with Crippen LogP contribution in [-0.2, 0) is 5.41 Å². The molecule has 0 spiro atoms. The largest absolute Gasteiger partial charge is 0.476 e. The highest BCUT2D eigenvalue weighted by Crippen LogP contribution is 2.26. The Bertz CT molecular complexity index is 604. The summed E-state index contributed by atoms with van der Waals surface area (Å²) >= 11 is 0. The zero-order chi connectivity index (χ0) is 14.2. The summed E-state index contributed by atoms with van der Waals surface area (Å²) in [6, 6.07) is 9.52. The van der Waals surface area contributed by atoms with Gasteiger partial charge in [0.1, 0.15) is 0 Å². The summed E-state index contributed by atoms with van der Waals surface area (Å²) in [5, 5.41) is 13.3.